The van der Waals surface area contributed by atoms with Gasteiger partial charge in [0.25, 0.3) is 0 Å². The lowest BCUT2D eigenvalue weighted by Crippen LogP contribution is -2.44. The van der Waals surface area contributed by atoms with Crippen molar-refractivity contribution in [1.29, 1.82) is 0 Å². The van der Waals surface area contributed by atoms with Gasteiger partial charge in [-0.3, -0.25) is 9.59 Å². The van der Waals surface area contributed by atoms with Crippen LogP contribution in [-0.4, -0.2) is 21.8 Å². The second kappa shape index (κ2) is 9.10. The van der Waals surface area contributed by atoms with E-state index in [1.54, 1.807) is 6.20 Å². The van der Waals surface area contributed by atoms with Crippen molar-refractivity contribution in [2.45, 2.75) is 84.5 Å². The number of benzene rings is 1. The monoisotopic (exact) mass is 480 g/mol. The zero-order valence-electron chi connectivity index (χ0n) is 20.5. The first-order valence-electron chi connectivity index (χ1n) is 12.9. The number of carbonyl (C=O) groups excluding carboxylic acids is 2. The first-order chi connectivity index (χ1) is 16.3. The number of hydrogen-bond donors (Lipinski definition) is 2. The van der Waals surface area contributed by atoms with Crippen LogP contribution in [0.25, 0.3) is 0 Å². The van der Waals surface area contributed by atoms with E-state index in [9.17, 15) is 14.7 Å². The van der Waals surface area contributed by atoms with Gasteiger partial charge in [-0.15, -0.1) is 11.3 Å². The molecule has 0 radical (unpaired) electrons. The molecule has 0 saturated heterocycles. The molecule has 182 valence electrons. The van der Waals surface area contributed by atoms with Crippen molar-refractivity contribution in [1.82, 2.24) is 4.98 Å². The molecule has 1 unspecified atom stereocenters. The average Bonchev–Trinajstić information content (AvgIpc) is 3.32. The number of Topliss-reactive ketones (excluding diaryl/α,β-unsaturated/α-hetero) is 1. The van der Waals surface area contributed by atoms with E-state index in [1.165, 1.54) is 22.5 Å². The van der Waals surface area contributed by atoms with Gasteiger partial charge in [0.05, 0.1) is 0 Å². The number of thiazole rings is 1. The molecule has 0 bridgehead atoms. The molecule has 34 heavy (non-hydrogen) atoms. The Morgan fingerprint density at radius 3 is 2.88 bits per heavy atom. The molecule has 1 amide bonds. The zero-order chi connectivity index (χ0) is 24.0. The highest BCUT2D eigenvalue weighted by Crippen LogP contribution is 2.62. The summed E-state index contributed by atoms with van der Waals surface area (Å²) in [6, 6.07) is 4.25. The predicted molar refractivity (Wildman–Crippen MR) is 135 cm³/mol. The molecule has 5 rings (SSSR count). The van der Waals surface area contributed by atoms with E-state index in [1.807, 2.05) is 13.0 Å². The number of ketones is 1. The fourth-order valence-corrected chi connectivity index (χ4v) is 8.06. The molecule has 2 saturated carbocycles. The molecular weight excluding hydrogens is 444 g/mol. The number of hydrogen-bond acceptors (Lipinski definition) is 5. The zero-order valence-corrected chi connectivity index (χ0v) is 21.3. The Balaban J connectivity index is 1.30. The minimum absolute atomic E-state index is 0.0152. The Morgan fingerprint density at radius 1 is 1.32 bits per heavy atom. The number of anilines is 1. The molecule has 2 N–H and O–H groups in total. The molecule has 3 aliphatic carbocycles. The van der Waals surface area contributed by atoms with Crippen molar-refractivity contribution in [3.05, 3.63) is 39.9 Å². The normalized spacial score (nSPS) is 29.9. The van der Waals surface area contributed by atoms with E-state index < -0.39 is 0 Å². The van der Waals surface area contributed by atoms with Gasteiger partial charge < -0.3 is 10.4 Å². The maximum atomic E-state index is 13.2. The molecule has 2 aromatic rings. The number of nitrogens with one attached hydrogen (secondary N) is 1. The topological polar surface area (TPSA) is 79.3 Å². The summed E-state index contributed by atoms with van der Waals surface area (Å²) in [5.74, 6) is 2.65. The minimum Gasteiger partial charge on any atom is -0.508 e. The summed E-state index contributed by atoms with van der Waals surface area (Å²) in [6.45, 7) is 6.29. The highest BCUT2D eigenvalue weighted by molar-refractivity contribution is 7.15. The lowest BCUT2D eigenvalue weighted by molar-refractivity contribution is -0.129. The van der Waals surface area contributed by atoms with Crippen LogP contribution in [0.4, 0.5) is 5.13 Å². The number of amides is 1. The highest BCUT2D eigenvalue weighted by Gasteiger charge is 2.58. The maximum absolute atomic E-state index is 13.2. The Bertz CT molecular complexity index is 1110. The van der Waals surface area contributed by atoms with Crippen LogP contribution in [0.15, 0.2) is 18.3 Å². The van der Waals surface area contributed by atoms with Gasteiger partial charge in [-0.1, -0.05) is 19.9 Å². The minimum atomic E-state index is -0.214. The molecular formula is C28H36N2O3S. The third kappa shape index (κ3) is 4.08. The van der Waals surface area contributed by atoms with E-state index in [0.717, 1.165) is 55.4 Å². The maximum Gasteiger partial charge on any atom is 0.226 e. The van der Waals surface area contributed by atoms with Crippen LogP contribution in [0.3, 0.4) is 0 Å². The fourth-order valence-electron chi connectivity index (χ4n) is 7.38. The summed E-state index contributed by atoms with van der Waals surface area (Å²) >= 11 is 1.50. The number of carbonyl (C=O) groups is 2. The third-order valence-corrected chi connectivity index (χ3v) is 9.82. The van der Waals surface area contributed by atoms with Crippen molar-refractivity contribution in [2.24, 2.45) is 23.2 Å². The number of rotatable bonds is 6. The molecule has 1 heterocycles. The highest BCUT2D eigenvalue weighted by atomic mass is 32.1. The summed E-state index contributed by atoms with van der Waals surface area (Å²) in [6.07, 6.45) is 9.59. The van der Waals surface area contributed by atoms with Crippen molar-refractivity contribution in [2.75, 3.05) is 5.32 Å². The number of nitrogens with zero attached hydrogens (tertiary/aromatic N) is 1. The average molecular weight is 481 g/mol. The van der Waals surface area contributed by atoms with Gasteiger partial charge >= 0.3 is 0 Å². The number of phenolic OH excluding ortho intramolecular Hbond substituents is 1. The van der Waals surface area contributed by atoms with Gasteiger partial charge in [-0.05, 0) is 98.3 Å². The lowest BCUT2D eigenvalue weighted by atomic mass is 9.54. The molecule has 5 nitrogen and oxygen atoms in total. The predicted octanol–water partition coefficient (Wildman–Crippen LogP) is 6.18. The standard InChI is InChI=1S/C28H36N2O3S/c1-4-17-12-22-18(13-23(17)31)8-9-21-20(22)10-11-28(3)24(32)14-19(26(21)28)6-5-7-25(33)30-27-29-15-16(2)34-27/h12-13,15,19-21,26,31H,4-11,14H2,1-3H3,(H,29,30,33)/t19?,20-,21+,26-,28+/m0/s1. The summed E-state index contributed by atoms with van der Waals surface area (Å²) in [7, 11) is 0. The smallest absolute Gasteiger partial charge is 0.226 e. The lowest BCUT2D eigenvalue weighted by Gasteiger charge is -2.50. The van der Waals surface area contributed by atoms with Crippen LogP contribution in [0.1, 0.15) is 86.3 Å². The Labute approximate surface area is 206 Å². The van der Waals surface area contributed by atoms with Gasteiger partial charge in [0.2, 0.25) is 5.91 Å². The molecule has 1 aromatic carbocycles. The van der Waals surface area contributed by atoms with E-state index in [4.69, 9.17) is 0 Å². The molecule has 1 aromatic heterocycles. The number of aromatic nitrogens is 1. The third-order valence-electron chi connectivity index (χ3n) is 9.00. The Hall–Kier alpha value is -2.21. The van der Waals surface area contributed by atoms with E-state index in [0.29, 0.717) is 53.2 Å². The van der Waals surface area contributed by atoms with E-state index in [2.05, 4.69) is 30.2 Å². The summed E-state index contributed by atoms with van der Waals surface area (Å²) in [5.41, 5.74) is 3.54. The van der Waals surface area contributed by atoms with Crippen LogP contribution in [0.2, 0.25) is 0 Å². The van der Waals surface area contributed by atoms with E-state index >= 15 is 0 Å². The molecule has 3 aliphatic rings. The number of fused-ring (bicyclic) bond motifs is 5. The number of aromatic hydroxyl groups is 1. The Morgan fingerprint density at radius 2 is 2.15 bits per heavy atom. The largest absolute Gasteiger partial charge is 0.508 e. The van der Waals surface area contributed by atoms with Crippen LogP contribution in [-0.2, 0) is 22.4 Å². The van der Waals surface area contributed by atoms with Crippen molar-refractivity contribution in [3.63, 3.8) is 0 Å². The molecule has 0 spiro atoms. The molecule has 6 heteroatoms. The van der Waals surface area contributed by atoms with Gasteiger partial charge in [-0.25, -0.2) is 4.98 Å². The van der Waals surface area contributed by atoms with Gasteiger partial charge in [0, 0.05) is 29.3 Å². The van der Waals surface area contributed by atoms with Crippen LogP contribution in [0, 0.1) is 30.1 Å². The SMILES string of the molecule is CCc1cc2c(cc1O)CC[C@@H]1[C@@H]2CC[C@]2(C)C(=O)CC(CCCC(=O)Nc3ncc(C)s3)[C@@H]12. The van der Waals surface area contributed by atoms with Crippen molar-refractivity contribution in [3.8, 4) is 5.75 Å². The fraction of sp³-hybridized carbons (Fsp3) is 0.607. The van der Waals surface area contributed by atoms with E-state index in [-0.39, 0.29) is 11.3 Å². The van der Waals surface area contributed by atoms with Crippen LogP contribution < -0.4 is 5.32 Å². The second-order valence-corrected chi connectivity index (χ2v) is 12.2. The van der Waals surface area contributed by atoms with Crippen molar-refractivity contribution < 1.29 is 14.7 Å². The van der Waals surface area contributed by atoms with Crippen molar-refractivity contribution >= 4 is 28.2 Å². The van der Waals surface area contributed by atoms with Gasteiger partial charge in [-0.2, -0.15) is 0 Å². The van der Waals surface area contributed by atoms with Crippen LogP contribution in [0.5, 0.6) is 5.75 Å². The first kappa shape index (κ1) is 23.5. The summed E-state index contributed by atoms with van der Waals surface area (Å²) < 4.78 is 0. The van der Waals surface area contributed by atoms with Crippen LogP contribution >= 0.6 is 11.3 Å². The second-order valence-electron chi connectivity index (χ2n) is 10.9. The first-order valence-corrected chi connectivity index (χ1v) is 13.7. The number of aryl methyl sites for hydroxylation is 3. The summed E-state index contributed by atoms with van der Waals surface area (Å²) in [4.78, 5) is 31.0. The van der Waals surface area contributed by atoms with Gasteiger partial charge in [0.15, 0.2) is 5.13 Å². The molecule has 2 fully saturated rings. The number of phenols is 1. The quantitative estimate of drug-likeness (QED) is 0.517. The summed E-state index contributed by atoms with van der Waals surface area (Å²) in [5, 5.41) is 14.0. The molecule has 5 atom stereocenters. The molecule has 0 aliphatic heterocycles. The van der Waals surface area contributed by atoms with Gasteiger partial charge in [0.1, 0.15) is 11.5 Å². The Kier molecular flexibility index (Phi) is 6.30.